The van der Waals surface area contributed by atoms with E-state index in [1.807, 2.05) is 6.92 Å². The van der Waals surface area contributed by atoms with Crippen LogP contribution in [0.5, 0.6) is 0 Å². The van der Waals surface area contributed by atoms with E-state index >= 15 is 0 Å². The van der Waals surface area contributed by atoms with Crippen molar-refractivity contribution in [1.29, 1.82) is 0 Å². The average Bonchev–Trinajstić information content (AvgIpc) is 2.35. The molecule has 1 fully saturated rings. The number of carbonyl (C=O) groups excluding carboxylic acids is 1. The second-order valence-electron chi connectivity index (χ2n) is 5.06. The van der Waals surface area contributed by atoms with Gasteiger partial charge >= 0.3 is 5.69 Å². The number of hydrogen-bond donors (Lipinski definition) is 1. The molecule has 108 valence electrons. The van der Waals surface area contributed by atoms with Crippen LogP contribution < -0.4 is 0 Å². The third-order valence-corrected chi connectivity index (χ3v) is 3.36. The molecule has 1 aromatic carbocycles. The minimum absolute atomic E-state index is 0.0525. The standard InChI is InChI=1S/C13H15FN2O4/c1-2-5-13(18)7-15(8-13)12(17)9-3-4-10(14)11(6-9)16(19)20/h3-4,6,18H,2,5,7-8H2,1H3. The largest absolute Gasteiger partial charge is 0.386 e. The van der Waals surface area contributed by atoms with Crippen LogP contribution in [0.1, 0.15) is 30.1 Å². The lowest BCUT2D eigenvalue weighted by atomic mass is 9.88. The van der Waals surface area contributed by atoms with Crippen LogP contribution in [-0.4, -0.2) is 39.5 Å². The van der Waals surface area contributed by atoms with Crippen LogP contribution in [0.4, 0.5) is 10.1 Å². The minimum atomic E-state index is -0.974. The number of nitrogens with zero attached hydrogens (tertiary/aromatic N) is 2. The van der Waals surface area contributed by atoms with Gasteiger partial charge in [0.15, 0.2) is 0 Å². The van der Waals surface area contributed by atoms with Crippen molar-refractivity contribution in [2.45, 2.75) is 25.4 Å². The van der Waals surface area contributed by atoms with Crippen molar-refractivity contribution in [2.24, 2.45) is 0 Å². The molecule has 0 aliphatic carbocycles. The van der Waals surface area contributed by atoms with Gasteiger partial charge in [-0.15, -0.1) is 0 Å². The van der Waals surface area contributed by atoms with Crippen molar-refractivity contribution in [3.05, 3.63) is 39.7 Å². The second-order valence-corrected chi connectivity index (χ2v) is 5.06. The van der Waals surface area contributed by atoms with Gasteiger partial charge in [0.25, 0.3) is 5.91 Å². The summed E-state index contributed by atoms with van der Waals surface area (Å²) < 4.78 is 13.2. The van der Waals surface area contributed by atoms with Crippen LogP contribution in [0.25, 0.3) is 0 Å². The molecule has 2 rings (SSSR count). The summed E-state index contributed by atoms with van der Waals surface area (Å²) in [7, 11) is 0. The summed E-state index contributed by atoms with van der Waals surface area (Å²) in [6.45, 7) is 2.33. The molecule has 6 nitrogen and oxygen atoms in total. The monoisotopic (exact) mass is 282 g/mol. The number of carbonyl (C=O) groups is 1. The molecule has 7 heteroatoms. The Balaban J connectivity index is 2.12. The van der Waals surface area contributed by atoms with E-state index in [0.717, 1.165) is 18.6 Å². The van der Waals surface area contributed by atoms with Gasteiger partial charge in [-0.3, -0.25) is 14.9 Å². The predicted octanol–water partition coefficient (Wildman–Crippen LogP) is 1.72. The van der Waals surface area contributed by atoms with Crippen molar-refractivity contribution in [3.63, 3.8) is 0 Å². The molecule has 0 saturated carbocycles. The zero-order valence-electron chi connectivity index (χ0n) is 11.0. The first-order valence-electron chi connectivity index (χ1n) is 6.32. The van der Waals surface area contributed by atoms with Gasteiger partial charge < -0.3 is 10.0 Å². The second kappa shape index (κ2) is 5.16. The highest BCUT2D eigenvalue weighted by molar-refractivity contribution is 5.95. The summed E-state index contributed by atoms with van der Waals surface area (Å²) in [6, 6.07) is 3.04. The van der Waals surface area contributed by atoms with Gasteiger partial charge in [-0.25, -0.2) is 0 Å². The number of benzene rings is 1. The molecule has 1 amide bonds. The third kappa shape index (κ3) is 2.62. The first-order valence-corrected chi connectivity index (χ1v) is 6.32. The number of nitro benzene ring substituents is 1. The maximum atomic E-state index is 13.2. The number of likely N-dealkylation sites (tertiary alicyclic amines) is 1. The molecule has 1 aromatic rings. The van der Waals surface area contributed by atoms with E-state index in [-0.39, 0.29) is 18.7 Å². The van der Waals surface area contributed by atoms with Gasteiger partial charge in [0.1, 0.15) is 0 Å². The molecule has 1 N–H and O–H groups in total. The topological polar surface area (TPSA) is 83.7 Å². The van der Waals surface area contributed by atoms with Crippen LogP contribution in [0, 0.1) is 15.9 Å². The minimum Gasteiger partial charge on any atom is -0.386 e. The molecule has 0 aromatic heterocycles. The van der Waals surface area contributed by atoms with E-state index < -0.39 is 27.9 Å². The molecule has 0 bridgehead atoms. The number of amides is 1. The van der Waals surface area contributed by atoms with E-state index in [0.29, 0.717) is 6.42 Å². The summed E-state index contributed by atoms with van der Waals surface area (Å²) in [6.07, 6.45) is 1.40. The van der Waals surface area contributed by atoms with Crippen LogP contribution >= 0.6 is 0 Å². The number of β-amino-alcohol motifs (C(OH)–C–C–N with tert-alkyl or cyclic N) is 1. The summed E-state index contributed by atoms with van der Waals surface area (Å²) in [5, 5.41) is 20.6. The van der Waals surface area contributed by atoms with Gasteiger partial charge in [0.05, 0.1) is 23.6 Å². The Kier molecular flexibility index (Phi) is 3.71. The zero-order chi connectivity index (χ0) is 14.9. The number of halogens is 1. The van der Waals surface area contributed by atoms with Crippen LogP contribution in [-0.2, 0) is 0 Å². The van der Waals surface area contributed by atoms with Gasteiger partial charge in [0.2, 0.25) is 5.82 Å². The van der Waals surface area contributed by atoms with Gasteiger partial charge in [0, 0.05) is 11.6 Å². The molecular formula is C13H15FN2O4. The number of aliphatic hydroxyl groups is 1. The lowest BCUT2D eigenvalue weighted by Crippen LogP contribution is -2.63. The molecule has 0 radical (unpaired) electrons. The zero-order valence-corrected chi connectivity index (χ0v) is 11.0. The molecule has 20 heavy (non-hydrogen) atoms. The normalized spacial score (nSPS) is 16.6. The molecular weight excluding hydrogens is 267 g/mol. The van der Waals surface area contributed by atoms with Gasteiger partial charge in [-0.1, -0.05) is 13.3 Å². The molecule has 1 saturated heterocycles. The first-order chi connectivity index (χ1) is 9.36. The SMILES string of the molecule is CCCC1(O)CN(C(=O)c2ccc(F)c([N+](=O)[O-])c2)C1. The van der Waals surface area contributed by atoms with Crippen molar-refractivity contribution in [1.82, 2.24) is 4.90 Å². The maximum absolute atomic E-state index is 13.2. The summed E-state index contributed by atoms with van der Waals surface area (Å²) in [5.74, 6) is -1.41. The lowest BCUT2D eigenvalue weighted by molar-refractivity contribution is -0.387. The Labute approximate surface area is 115 Å². The maximum Gasteiger partial charge on any atom is 0.305 e. The fraction of sp³-hybridized carbons (Fsp3) is 0.462. The Hall–Kier alpha value is -2.02. The van der Waals surface area contributed by atoms with E-state index in [1.54, 1.807) is 0 Å². The van der Waals surface area contributed by atoms with Crippen LogP contribution in [0.2, 0.25) is 0 Å². The smallest absolute Gasteiger partial charge is 0.305 e. The fourth-order valence-electron chi connectivity index (χ4n) is 2.40. The summed E-state index contributed by atoms with van der Waals surface area (Å²) >= 11 is 0. The molecule has 1 heterocycles. The van der Waals surface area contributed by atoms with Crippen LogP contribution in [0.15, 0.2) is 18.2 Å². The Morgan fingerprint density at radius 1 is 1.55 bits per heavy atom. The van der Waals surface area contributed by atoms with Gasteiger partial charge in [-0.2, -0.15) is 4.39 Å². The van der Waals surface area contributed by atoms with Crippen molar-refractivity contribution in [2.75, 3.05) is 13.1 Å². The highest BCUT2D eigenvalue weighted by atomic mass is 19.1. The lowest BCUT2D eigenvalue weighted by Gasteiger charge is -2.46. The highest BCUT2D eigenvalue weighted by Crippen LogP contribution is 2.28. The number of hydrogen-bond acceptors (Lipinski definition) is 4. The Morgan fingerprint density at radius 3 is 2.75 bits per heavy atom. The van der Waals surface area contributed by atoms with Crippen molar-refractivity contribution >= 4 is 11.6 Å². The Bertz CT molecular complexity index is 555. The van der Waals surface area contributed by atoms with E-state index in [9.17, 15) is 24.4 Å². The quantitative estimate of drug-likeness (QED) is 0.673. The molecule has 1 aliphatic rings. The third-order valence-electron chi connectivity index (χ3n) is 3.36. The molecule has 0 spiro atoms. The van der Waals surface area contributed by atoms with Gasteiger partial charge in [-0.05, 0) is 18.6 Å². The summed E-state index contributed by atoms with van der Waals surface area (Å²) in [5.41, 5.74) is -1.53. The molecule has 1 aliphatic heterocycles. The first kappa shape index (κ1) is 14.4. The van der Waals surface area contributed by atoms with E-state index in [4.69, 9.17) is 0 Å². The summed E-state index contributed by atoms with van der Waals surface area (Å²) in [4.78, 5) is 23.2. The van der Waals surface area contributed by atoms with E-state index in [2.05, 4.69) is 0 Å². The van der Waals surface area contributed by atoms with Crippen LogP contribution in [0.3, 0.4) is 0 Å². The molecule has 0 atom stereocenters. The molecule has 0 unspecified atom stereocenters. The van der Waals surface area contributed by atoms with Crippen molar-refractivity contribution < 1.29 is 19.2 Å². The predicted molar refractivity (Wildman–Crippen MR) is 68.8 cm³/mol. The average molecular weight is 282 g/mol. The number of nitro groups is 1. The van der Waals surface area contributed by atoms with E-state index in [1.165, 1.54) is 11.0 Å². The Morgan fingerprint density at radius 2 is 2.20 bits per heavy atom. The number of rotatable bonds is 4. The fourth-order valence-corrected chi connectivity index (χ4v) is 2.40. The highest BCUT2D eigenvalue weighted by Gasteiger charge is 2.43. The van der Waals surface area contributed by atoms with Crippen molar-refractivity contribution in [3.8, 4) is 0 Å².